The molecule has 212 valence electrons. The quantitative estimate of drug-likeness (QED) is 0.156. The van der Waals surface area contributed by atoms with Crippen LogP contribution in [-0.4, -0.2) is 34.8 Å². The highest BCUT2D eigenvalue weighted by Crippen LogP contribution is 2.43. The molecule has 41 heavy (non-hydrogen) atoms. The molecule has 2 heterocycles. The van der Waals surface area contributed by atoms with Crippen molar-refractivity contribution >= 4 is 40.7 Å². The number of nitrogens with zero attached hydrogens (tertiary/aromatic N) is 2. The number of pyridine rings is 1. The molecule has 2 atom stereocenters. The van der Waals surface area contributed by atoms with Gasteiger partial charge in [-0.2, -0.15) is 0 Å². The van der Waals surface area contributed by atoms with Crippen LogP contribution in [0.4, 0.5) is 4.39 Å². The third kappa shape index (κ3) is 5.97. The maximum Gasteiger partial charge on any atom is 0.347 e. The van der Waals surface area contributed by atoms with E-state index in [1.54, 1.807) is 69.4 Å². The highest BCUT2D eigenvalue weighted by molar-refractivity contribution is 7.65. The first kappa shape index (κ1) is 28.3. The van der Waals surface area contributed by atoms with Gasteiger partial charge in [-0.15, -0.1) is 0 Å². The fraction of sp³-hybridized carbons (Fsp3) is 0.226. The Morgan fingerprint density at radius 1 is 1.00 bits per heavy atom. The Balaban J connectivity index is 1.49. The SMILES string of the molecule is COc1cc2c3ncccc3n(Cc3ccc(P(=O)(N[C@@H](C)C(=O)OC(C)C)Oc4ccccc4)cc3)c2cc1F. The number of aromatic nitrogens is 2. The number of carbonyl (C=O) groups excluding carboxylic acids is 1. The summed E-state index contributed by atoms with van der Waals surface area (Å²) in [5.74, 6) is -0.446. The zero-order valence-corrected chi connectivity index (χ0v) is 24.1. The van der Waals surface area contributed by atoms with Crippen molar-refractivity contribution in [2.75, 3.05) is 7.11 Å². The third-order valence-corrected chi connectivity index (χ3v) is 8.73. The van der Waals surface area contributed by atoms with Gasteiger partial charge in [0.15, 0.2) is 11.6 Å². The maximum absolute atomic E-state index is 14.7. The number of hydrogen-bond donors (Lipinski definition) is 1. The molecule has 5 aromatic rings. The van der Waals surface area contributed by atoms with E-state index in [2.05, 4.69) is 10.1 Å². The average Bonchev–Trinajstić information content (AvgIpc) is 3.25. The van der Waals surface area contributed by atoms with Crippen molar-refractivity contribution in [3.05, 3.63) is 96.4 Å². The minimum absolute atomic E-state index is 0.153. The van der Waals surface area contributed by atoms with E-state index in [-0.39, 0.29) is 11.9 Å². The van der Waals surface area contributed by atoms with Gasteiger partial charge in [0.05, 0.1) is 35.1 Å². The van der Waals surface area contributed by atoms with Gasteiger partial charge in [-0.3, -0.25) is 14.3 Å². The van der Waals surface area contributed by atoms with Gasteiger partial charge in [-0.05, 0) is 68.8 Å². The monoisotopic (exact) mass is 575 g/mol. The van der Waals surface area contributed by atoms with Crippen LogP contribution in [0.3, 0.4) is 0 Å². The van der Waals surface area contributed by atoms with Crippen molar-refractivity contribution in [2.45, 2.75) is 39.5 Å². The minimum Gasteiger partial charge on any atom is -0.494 e. The molecule has 0 aliphatic carbocycles. The highest BCUT2D eigenvalue weighted by Gasteiger charge is 2.33. The fourth-order valence-electron chi connectivity index (χ4n) is 4.64. The van der Waals surface area contributed by atoms with E-state index < -0.39 is 25.3 Å². The lowest BCUT2D eigenvalue weighted by atomic mass is 10.2. The Kier molecular flexibility index (Phi) is 8.10. The number of para-hydroxylation sites is 1. The summed E-state index contributed by atoms with van der Waals surface area (Å²) >= 11 is 0. The number of fused-ring (bicyclic) bond motifs is 3. The first-order valence-corrected chi connectivity index (χ1v) is 14.8. The van der Waals surface area contributed by atoms with Crippen molar-refractivity contribution in [2.24, 2.45) is 0 Å². The summed E-state index contributed by atoms with van der Waals surface area (Å²) in [6, 6.07) is 21.9. The number of methoxy groups -OCH3 is 1. The fourth-order valence-corrected chi connectivity index (χ4v) is 6.52. The van der Waals surface area contributed by atoms with Crippen LogP contribution in [0.15, 0.2) is 85.1 Å². The lowest BCUT2D eigenvalue weighted by Gasteiger charge is -2.24. The van der Waals surface area contributed by atoms with Gasteiger partial charge in [0.2, 0.25) is 0 Å². The summed E-state index contributed by atoms with van der Waals surface area (Å²) < 4.78 is 47.4. The van der Waals surface area contributed by atoms with Gasteiger partial charge < -0.3 is 18.6 Å². The Hall–Kier alpha value is -4.20. The molecule has 8 nitrogen and oxygen atoms in total. The zero-order valence-electron chi connectivity index (χ0n) is 23.2. The second kappa shape index (κ2) is 11.7. The topological polar surface area (TPSA) is 91.7 Å². The molecule has 0 saturated carbocycles. The number of nitrogens with one attached hydrogen (secondary N) is 1. The number of rotatable bonds is 10. The Morgan fingerprint density at radius 2 is 1.73 bits per heavy atom. The van der Waals surface area contributed by atoms with E-state index in [4.69, 9.17) is 14.0 Å². The van der Waals surface area contributed by atoms with E-state index in [9.17, 15) is 13.8 Å². The molecule has 10 heteroatoms. The summed E-state index contributed by atoms with van der Waals surface area (Å²) in [6.45, 7) is 5.50. The molecule has 0 radical (unpaired) electrons. The molecule has 3 aromatic carbocycles. The molecule has 2 aromatic heterocycles. The number of hydrogen-bond acceptors (Lipinski definition) is 6. The van der Waals surface area contributed by atoms with E-state index in [0.29, 0.717) is 23.1 Å². The molecule has 0 saturated heterocycles. The molecule has 0 spiro atoms. The summed E-state index contributed by atoms with van der Waals surface area (Å²) in [5.41, 5.74) is 3.14. The predicted molar refractivity (Wildman–Crippen MR) is 157 cm³/mol. The third-order valence-electron chi connectivity index (χ3n) is 6.56. The molecule has 0 amide bonds. The molecule has 5 rings (SSSR count). The molecule has 0 aliphatic rings. The molecule has 0 aliphatic heterocycles. The summed E-state index contributed by atoms with van der Waals surface area (Å²) in [5, 5.41) is 4.05. The van der Waals surface area contributed by atoms with Crippen molar-refractivity contribution in [1.82, 2.24) is 14.6 Å². The van der Waals surface area contributed by atoms with Crippen molar-refractivity contribution in [3.8, 4) is 11.5 Å². The lowest BCUT2D eigenvalue weighted by Crippen LogP contribution is -2.38. The largest absolute Gasteiger partial charge is 0.494 e. The number of halogens is 1. The smallest absolute Gasteiger partial charge is 0.347 e. The molecule has 1 unspecified atom stereocenters. The minimum atomic E-state index is -3.76. The van der Waals surface area contributed by atoms with E-state index in [1.165, 1.54) is 13.2 Å². The molecular weight excluding hydrogens is 544 g/mol. The van der Waals surface area contributed by atoms with E-state index >= 15 is 0 Å². The molecule has 1 N–H and O–H groups in total. The van der Waals surface area contributed by atoms with Crippen LogP contribution in [0.5, 0.6) is 11.5 Å². The Morgan fingerprint density at radius 3 is 2.41 bits per heavy atom. The predicted octanol–water partition coefficient (Wildman–Crippen LogP) is 6.21. The van der Waals surface area contributed by atoms with Gasteiger partial charge >= 0.3 is 13.5 Å². The number of carbonyl (C=O) groups is 1. The van der Waals surface area contributed by atoms with Crippen LogP contribution >= 0.6 is 7.52 Å². The van der Waals surface area contributed by atoms with Gasteiger partial charge in [-0.25, -0.2) is 9.48 Å². The average molecular weight is 576 g/mol. The van der Waals surface area contributed by atoms with Crippen LogP contribution in [0, 0.1) is 5.82 Å². The standard InChI is InChI=1S/C31H31FN3O5P/c1-20(2)39-31(36)21(3)34-41(37,40-23-9-6-5-7-10-23)24-14-12-22(13-15-24)19-35-27-11-8-16-33-30(27)25-17-29(38-4)26(32)18-28(25)35/h5-18,20-21H,19H2,1-4H3,(H,34,37)/t21-,41?/m0/s1. The molecular formula is C31H31FN3O5P. The molecule has 0 fully saturated rings. The van der Waals surface area contributed by atoms with Crippen molar-refractivity contribution in [1.29, 1.82) is 0 Å². The van der Waals surface area contributed by atoms with Crippen LogP contribution in [-0.2, 0) is 20.6 Å². The van der Waals surface area contributed by atoms with Gasteiger partial charge in [0, 0.05) is 24.2 Å². The maximum atomic E-state index is 14.7. The first-order valence-electron chi connectivity index (χ1n) is 13.2. The lowest BCUT2D eigenvalue weighted by molar-refractivity contribution is -0.149. The summed E-state index contributed by atoms with van der Waals surface area (Å²) in [7, 11) is -2.33. The first-order chi connectivity index (χ1) is 19.7. The number of ether oxygens (including phenoxy) is 2. The molecule has 0 bridgehead atoms. The Labute approximate surface area is 237 Å². The Bertz CT molecular complexity index is 1740. The summed E-state index contributed by atoms with van der Waals surface area (Å²) in [6.07, 6.45) is 1.39. The van der Waals surface area contributed by atoms with Crippen LogP contribution < -0.4 is 19.7 Å². The highest BCUT2D eigenvalue weighted by atomic mass is 31.2. The van der Waals surface area contributed by atoms with Crippen LogP contribution in [0.25, 0.3) is 21.9 Å². The normalized spacial score (nSPS) is 13.7. The zero-order chi connectivity index (χ0) is 29.1. The second-order valence-corrected chi connectivity index (χ2v) is 12.0. The number of esters is 1. The van der Waals surface area contributed by atoms with Gasteiger partial charge in [0.25, 0.3) is 0 Å². The van der Waals surface area contributed by atoms with Crippen molar-refractivity contribution < 1.29 is 27.7 Å². The summed E-state index contributed by atoms with van der Waals surface area (Å²) in [4.78, 5) is 17.0. The van der Waals surface area contributed by atoms with Crippen LogP contribution in [0.2, 0.25) is 0 Å². The van der Waals surface area contributed by atoms with E-state index in [0.717, 1.165) is 22.0 Å². The van der Waals surface area contributed by atoms with Gasteiger partial charge in [0.1, 0.15) is 11.8 Å². The van der Waals surface area contributed by atoms with Gasteiger partial charge in [-0.1, -0.05) is 30.3 Å². The number of benzene rings is 3. The van der Waals surface area contributed by atoms with Crippen LogP contribution in [0.1, 0.15) is 26.3 Å². The van der Waals surface area contributed by atoms with E-state index in [1.807, 2.05) is 34.9 Å². The second-order valence-electron chi connectivity index (χ2n) is 9.92. The van der Waals surface area contributed by atoms with Crippen molar-refractivity contribution in [3.63, 3.8) is 0 Å².